The first-order valence-corrected chi connectivity index (χ1v) is 8.13. The van der Waals surface area contributed by atoms with Crippen molar-refractivity contribution >= 4 is 17.4 Å². The Kier molecular flexibility index (Phi) is 5.48. The Labute approximate surface area is 161 Å². The van der Waals surface area contributed by atoms with E-state index < -0.39 is 29.2 Å². The molecule has 29 heavy (non-hydrogen) atoms. The lowest BCUT2D eigenvalue weighted by atomic mass is 10.2. The van der Waals surface area contributed by atoms with E-state index in [2.05, 4.69) is 10.4 Å². The zero-order chi connectivity index (χ0) is 21.0. The number of rotatable bonds is 6. The highest BCUT2D eigenvalue weighted by Crippen LogP contribution is 2.30. The van der Waals surface area contributed by atoms with E-state index in [9.17, 15) is 28.1 Å². The molecule has 2 aromatic carbocycles. The summed E-state index contributed by atoms with van der Waals surface area (Å²) in [7, 11) is 0. The van der Waals surface area contributed by atoms with Crippen LogP contribution in [0.5, 0.6) is 5.75 Å². The fourth-order valence-corrected chi connectivity index (χ4v) is 2.41. The molecule has 0 aliphatic rings. The summed E-state index contributed by atoms with van der Waals surface area (Å²) in [6.07, 6.45) is -3.11. The van der Waals surface area contributed by atoms with Gasteiger partial charge in [-0.2, -0.15) is 18.3 Å². The molecule has 0 saturated carbocycles. The van der Waals surface area contributed by atoms with Crippen molar-refractivity contribution in [2.75, 3.05) is 11.9 Å². The number of nitro groups is 1. The second kappa shape index (κ2) is 8.00. The number of carbonyl (C=O) groups is 1. The van der Waals surface area contributed by atoms with Crippen molar-refractivity contribution in [3.05, 3.63) is 76.5 Å². The van der Waals surface area contributed by atoms with Crippen molar-refractivity contribution in [3.8, 4) is 11.4 Å². The molecule has 1 N–H and O–H groups in total. The van der Waals surface area contributed by atoms with Crippen molar-refractivity contribution in [1.82, 2.24) is 9.78 Å². The molecule has 1 amide bonds. The molecular formula is C18H13F3N4O4. The monoisotopic (exact) mass is 406 g/mol. The molecule has 11 heteroatoms. The van der Waals surface area contributed by atoms with Crippen LogP contribution in [0.15, 0.2) is 60.8 Å². The number of halogens is 3. The van der Waals surface area contributed by atoms with E-state index >= 15 is 0 Å². The van der Waals surface area contributed by atoms with Crippen LogP contribution >= 0.6 is 0 Å². The highest BCUT2D eigenvalue weighted by atomic mass is 19.4. The summed E-state index contributed by atoms with van der Waals surface area (Å²) in [5.41, 5.74) is -0.945. The third-order valence-corrected chi connectivity index (χ3v) is 3.72. The lowest BCUT2D eigenvalue weighted by Gasteiger charge is -2.08. The van der Waals surface area contributed by atoms with Crippen LogP contribution in [0, 0.1) is 10.1 Å². The average molecular weight is 406 g/mol. The van der Waals surface area contributed by atoms with Gasteiger partial charge in [0.1, 0.15) is 0 Å². The van der Waals surface area contributed by atoms with Crippen LogP contribution in [0.25, 0.3) is 5.69 Å². The molecule has 8 nitrogen and oxygen atoms in total. The number of nitro benzene ring substituents is 1. The molecule has 0 aliphatic carbocycles. The van der Waals surface area contributed by atoms with Gasteiger partial charge in [-0.1, -0.05) is 18.2 Å². The average Bonchev–Trinajstić information content (AvgIpc) is 3.14. The van der Waals surface area contributed by atoms with Crippen molar-refractivity contribution in [2.45, 2.75) is 6.18 Å². The Morgan fingerprint density at radius 3 is 2.66 bits per heavy atom. The van der Waals surface area contributed by atoms with Crippen LogP contribution in [0.1, 0.15) is 5.56 Å². The molecule has 0 saturated heterocycles. The summed E-state index contributed by atoms with van der Waals surface area (Å²) in [5.74, 6) is -0.627. The number of benzene rings is 2. The number of aromatic nitrogens is 2. The number of nitrogens with zero attached hydrogens (tertiary/aromatic N) is 3. The van der Waals surface area contributed by atoms with Crippen LogP contribution in [0.2, 0.25) is 0 Å². The molecule has 0 aliphatic heterocycles. The molecule has 0 unspecified atom stereocenters. The molecule has 1 heterocycles. The zero-order valence-corrected chi connectivity index (χ0v) is 14.6. The van der Waals surface area contributed by atoms with Gasteiger partial charge in [0.25, 0.3) is 5.91 Å². The minimum atomic E-state index is -4.49. The molecule has 0 atom stereocenters. The number of hydrogen-bond donors (Lipinski definition) is 1. The fourth-order valence-electron chi connectivity index (χ4n) is 2.41. The number of carbonyl (C=O) groups excluding carboxylic acids is 1. The van der Waals surface area contributed by atoms with E-state index in [1.807, 2.05) is 0 Å². The zero-order valence-electron chi connectivity index (χ0n) is 14.6. The second-order valence-electron chi connectivity index (χ2n) is 5.76. The van der Waals surface area contributed by atoms with Crippen LogP contribution in [0.4, 0.5) is 24.7 Å². The summed E-state index contributed by atoms with van der Waals surface area (Å²) < 4.78 is 44.8. The first-order valence-electron chi connectivity index (χ1n) is 8.13. The standard InChI is InChI=1S/C18H13F3N4O4/c19-18(20,21)12-4-3-5-13(10-12)24-9-8-16(23-24)22-17(26)11-29-15-7-2-1-6-14(15)25(27)28/h1-10H,11H2,(H,22,23,26). The number of para-hydroxylation sites is 2. The number of hydrogen-bond acceptors (Lipinski definition) is 5. The number of anilines is 1. The van der Waals surface area contributed by atoms with E-state index in [1.54, 1.807) is 0 Å². The Balaban J connectivity index is 1.65. The summed E-state index contributed by atoms with van der Waals surface area (Å²) in [5, 5.41) is 17.3. The summed E-state index contributed by atoms with van der Waals surface area (Å²) in [6, 6.07) is 11.5. The van der Waals surface area contributed by atoms with Gasteiger partial charge in [0.05, 0.1) is 16.2 Å². The Morgan fingerprint density at radius 1 is 1.17 bits per heavy atom. The van der Waals surface area contributed by atoms with Gasteiger partial charge >= 0.3 is 11.9 Å². The fraction of sp³-hybridized carbons (Fsp3) is 0.111. The van der Waals surface area contributed by atoms with Crippen molar-refractivity contribution in [2.24, 2.45) is 0 Å². The van der Waals surface area contributed by atoms with Crippen LogP contribution < -0.4 is 10.1 Å². The summed E-state index contributed by atoms with van der Waals surface area (Å²) >= 11 is 0. The van der Waals surface area contributed by atoms with Crippen LogP contribution in [-0.2, 0) is 11.0 Å². The molecule has 3 aromatic rings. The van der Waals surface area contributed by atoms with Crippen molar-refractivity contribution < 1.29 is 27.6 Å². The summed E-state index contributed by atoms with van der Waals surface area (Å²) in [6.45, 7) is -0.513. The first-order chi connectivity index (χ1) is 13.7. The predicted octanol–water partition coefficient (Wildman–Crippen LogP) is 3.82. The molecule has 0 fully saturated rings. The molecular weight excluding hydrogens is 393 g/mol. The third-order valence-electron chi connectivity index (χ3n) is 3.72. The highest BCUT2D eigenvalue weighted by Gasteiger charge is 2.30. The van der Waals surface area contributed by atoms with Crippen LogP contribution in [0.3, 0.4) is 0 Å². The van der Waals surface area contributed by atoms with Gasteiger partial charge in [0, 0.05) is 18.3 Å². The Hall–Kier alpha value is -3.89. The highest BCUT2D eigenvalue weighted by molar-refractivity contribution is 5.91. The third kappa shape index (κ3) is 4.89. The normalized spacial score (nSPS) is 11.1. The van der Waals surface area contributed by atoms with Gasteiger partial charge in [-0.3, -0.25) is 14.9 Å². The van der Waals surface area contributed by atoms with E-state index in [-0.39, 0.29) is 22.9 Å². The topological polar surface area (TPSA) is 99.3 Å². The molecule has 1 aromatic heterocycles. The lowest BCUT2D eigenvalue weighted by molar-refractivity contribution is -0.385. The maximum atomic E-state index is 12.8. The molecule has 150 valence electrons. The second-order valence-corrected chi connectivity index (χ2v) is 5.76. The molecule has 0 radical (unpaired) electrons. The predicted molar refractivity (Wildman–Crippen MR) is 95.8 cm³/mol. The summed E-state index contributed by atoms with van der Waals surface area (Å²) in [4.78, 5) is 22.3. The number of nitrogens with one attached hydrogen (secondary N) is 1. The first kappa shape index (κ1) is 19.9. The number of ether oxygens (including phenoxy) is 1. The van der Waals surface area contributed by atoms with E-state index in [4.69, 9.17) is 4.74 Å². The van der Waals surface area contributed by atoms with Gasteiger partial charge in [-0.05, 0) is 24.3 Å². The van der Waals surface area contributed by atoms with Gasteiger partial charge in [0.15, 0.2) is 18.2 Å². The van der Waals surface area contributed by atoms with Gasteiger partial charge in [-0.25, -0.2) is 4.68 Å². The number of alkyl halides is 3. The van der Waals surface area contributed by atoms with Gasteiger partial charge < -0.3 is 10.1 Å². The SMILES string of the molecule is O=C(COc1ccccc1[N+](=O)[O-])Nc1ccn(-c2cccc(C(F)(F)F)c2)n1. The van der Waals surface area contributed by atoms with Crippen LogP contribution in [-0.4, -0.2) is 27.2 Å². The van der Waals surface area contributed by atoms with E-state index in [1.165, 1.54) is 53.3 Å². The Morgan fingerprint density at radius 2 is 1.93 bits per heavy atom. The van der Waals surface area contributed by atoms with E-state index in [0.29, 0.717) is 0 Å². The number of amides is 1. The maximum absolute atomic E-state index is 12.8. The smallest absolute Gasteiger partial charge is 0.416 e. The Bertz CT molecular complexity index is 1050. The largest absolute Gasteiger partial charge is 0.477 e. The lowest BCUT2D eigenvalue weighted by Crippen LogP contribution is -2.20. The van der Waals surface area contributed by atoms with Crippen molar-refractivity contribution in [3.63, 3.8) is 0 Å². The van der Waals surface area contributed by atoms with E-state index in [0.717, 1.165) is 12.1 Å². The molecule has 0 bridgehead atoms. The van der Waals surface area contributed by atoms with Crippen molar-refractivity contribution in [1.29, 1.82) is 0 Å². The van der Waals surface area contributed by atoms with Gasteiger partial charge in [-0.15, -0.1) is 0 Å². The maximum Gasteiger partial charge on any atom is 0.416 e. The molecule has 3 rings (SSSR count). The van der Waals surface area contributed by atoms with Gasteiger partial charge in [0.2, 0.25) is 0 Å². The minimum absolute atomic E-state index is 0.0675. The minimum Gasteiger partial charge on any atom is -0.477 e. The molecule has 0 spiro atoms. The quantitative estimate of drug-likeness (QED) is 0.496.